The zero-order valence-corrected chi connectivity index (χ0v) is 11.9. The molecule has 0 aliphatic heterocycles. The molecular formula is C14H10FN3O3S. The second-order valence-electron chi connectivity index (χ2n) is 4.28. The van der Waals surface area contributed by atoms with Gasteiger partial charge in [0.05, 0.1) is 17.2 Å². The lowest BCUT2D eigenvalue weighted by molar-refractivity contribution is 0.0996. The van der Waals surface area contributed by atoms with Crippen molar-refractivity contribution in [2.75, 3.05) is 4.72 Å². The van der Waals surface area contributed by atoms with Crippen LogP contribution in [0.15, 0.2) is 47.4 Å². The molecule has 22 heavy (non-hydrogen) atoms. The highest BCUT2D eigenvalue weighted by molar-refractivity contribution is 7.92. The van der Waals surface area contributed by atoms with E-state index in [1.54, 1.807) is 0 Å². The molecule has 2 rings (SSSR count). The summed E-state index contributed by atoms with van der Waals surface area (Å²) in [5.74, 6) is -2.27. The van der Waals surface area contributed by atoms with Gasteiger partial charge in [-0.3, -0.25) is 9.52 Å². The van der Waals surface area contributed by atoms with Gasteiger partial charge in [-0.1, -0.05) is 6.07 Å². The maximum Gasteiger partial charge on any atom is 0.264 e. The molecule has 0 saturated heterocycles. The number of hydrogen-bond donors (Lipinski definition) is 2. The maximum absolute atomic E-state index is 14.1. The Morgan fingerprint density at radius 1 is 1.18 bits per heavy atom. The van der Waals surface area contributed by atoms with Crippen LogP contribution in [-0.2, 0) is 10.0 Å². The molecule has 0 radical (unpaired) electrons. The van der Waals surface area contributed by atoms with Gasteiger partial charge in [-0.15, -0.1) is 0 Å². The molecule has 0 aromatic heterocycles. The van der Waals surface area contributed by atoms with Crippen molar-refractivity contribution >= 4 is 21.6 Å². The lowest BCUT2D eigenvalue weighted by atomic mass is 10.2. The Bertz CT molecular complexity index is 871. The van der Waals surface area contributed by atoms with E-state index in [1.165, 1.54) is 30.3 Å². The molecule has 0 unspecified atom stereocenters. The smallest absolute Gasteiger partial charge is 0.264 e. The summed E-state index contributed by atoms with van der Waals surface area (Å²) in [6, 6.07) is 10.8. The van der Waals surface area contributed by atoms with Crippen LogP contribution in [-0.4, -0.2) is 14.3 Å². The van der Waals surface area contributed by atoms with Crippen molar-refractivity contribution in [2.45, 2.75) is 4.90 Å². The molecule has 0 atom stereocenters. The van der Waals surface area contributed by atoms with Crippen LogP contribution in [0, 0.1) is 17.1 Å². The van der Waals surface area contributed by atoms with Gasteiger partial charge < -0.3 is 5.73 Å². The van der Waals surface area contributed by atoms with E-state index >= 15 is 0 Å². The molecule has 0 spiro atoms. The van der Waals surface area contributed by atoms with Gasteiger partial charge >= 0.3 is 0 Å². The van der Waals surface area contributed by atoms with Crippen molar-refractivity contribution in [3.8, 4) is 6.07 Å². The van der Waals surface area contributed by atoms with Crippen molar-refractivity contribution in [3.63, 3.8) is 0 Å². The predicted octanol–water partition coefficient (Wildman–Crippen LogP) is 1.60. The molecule has 1 amide bonds. The zero-order chi connectivity index (χ0) is 16.3. The van der Waals surface area contributed by atoms with E-state index in [2.05, 4.69) is 4.72 Å². The molecule has 6 nitrogen and oxygen atoms in total. The number of hydrogen-bond acceptors (Lipinski definition) is 4. The third-order valence-corrected chi connectivity index (χ3v) is 4.18. The molecule has 0 aliphatic rings. The number of nitrogens with one attached hydrogen (secondary N) is 1. The highest BCUT2D eigenvalue weighted by atomic mass is 32.2. The molecule has 0 aliphatic carbocycles. The Kier molecular flexibility index (Phi) is 4.10. The number of primary amides is 1. The van der Waals surface area contributed by atoms with Crippen LogP contribution < -0.4 is 10.5 Å². The standard InChI is InChI=1S/C14H10FN3O3S/c15-13-11(14(17)19)2-1-3-12(13)22(20,21)18-10-6-4-9(8-16)5-7-10/h1-7,18H,(H2,17,19). The van der Waals surface area contributed by atoms with E-state index in [1.807, 2.05) is 6.07 Å². The van der Waals surface area contributed by atoms with Gasteiger partial charge in [-0.25, -0.2) is 12.8 Å². The topological polar surface area (TPSA) is 113 Å². The molecule has 112 valence electrons. The minimum Gasteiger partial charge on any atom is -0.366 e. The third-order valence-electron chi connectivity index (χ3n) is 2.78. The molecule has 0 heterocycles. The second kappa shape index (κ2) is 5.83. The summed E-state index contributed by atoms with van der Waals surface area (Å²) in [6.07, 6.45) is 0. The number of rotatable bonds is 4. The van der Waals surface area contributed by atoms with Gasteiger partial charge in [-0.05, 0) is 36.4 Å². The van der Waals surface area contributed by atoms with Crippen LogP contribution in [0.5, 0.6) is 0 Å². The van der Waals surface area contributed by atoms with Gasteiger partial charge in [0.2, 0.25) is 0 Å². The quantitative estimate of drug-likeness (QED) is 0.891. The largest absolute Gasteiger partial charge is 0.366 e. The minimum absolute atomic E-state index is 0.155. The SMILES string of the molecule is N#Cc1ccc(NS(=O)(=O)c2cccc(C(N)=O)c2F)cc1. The Morgan fingerprint density at radius 2 is 1.82 bits per heavy atom. The maximum atomic E-state index is 14.1. The fourth-order valence-electron chi connectivity index (χ4n) is 1.73. The van der Waals surface area contributed by atoms with Gasteiger partial charge in [0.25, 0.3) is 15.9 Å². The Balaban J connectivity index is 2.40. The molecule has 2 aromatic rings. The zero-order valence-electron chi connectivity index (χ0n) is 11.1. The van der Waals surface area contributed by atoms with E-state index < -0.39 is 32.2 Å². The minimum atomic E-state index is -4.24. The molecule has 3 N–H and O–H groups in total. The number of carbonyl (C=O) groups excluding carboxylic acids is 1. The molecule has 0 bridgehead atoms. The summed E-state index contributed by atoms with van der Waals surface area (Å²) in [5, 5.41) is 8.68. The first-order valence-corrected chi connectivity index (χ1v) is 7.45. The van der Waals surface area contributed by atoms with E-state index in [9.17, 15) is 17.6 Å². The number of carbonyl (C=O) groups is 1. The molecular weight excluding hydrogens is 309 g/mol. The molecule has 2 aromatic carbocycles. The Morgan fingerprint density at radius 3 is 2.36 bits per heavy atom. The fourth-order valence-corrected chi connectivity index (χ4v) is 2.89. The van der Waals surface area contributed by atoms with Crippen molar-refractivity contribution in [1.82, 2.24) is 0 Å². The first-order valence-electron chi connectivity index (χ1n) is 5.96. The van der Waals surface area contributed by atoms with Crippen molar-refractivity contribution < 1.29 is 17.6 Å². The first kappa shape index (κ1) is 15.5. The number of benzene rings is 2. The van der Waals surface area contributed by atoms with Gasteiger partial charge in [-0.2, -0.15) is 5.26 Å². The fraction of sp³-hybridized carbons (Fsp3) is 0. The summed E-state index contributed by atoms with van der Waals surface area (Å²) >= 11 is 0. The molecule has 0 saturated carbocycles. The lowest BCUT2D eigenvalue weighted by Crippen LogP contribution is -2.19. The Hall–Kier alpha value is -2.92. The van der Waals surface area contributed by atoms with Crippen LogP contribution in [0.25, 0.3) is 0 Å². The van der Waals surface area contributed by atoms with Crippen LogP contribution in [0.1, 0.15) is 15.9 Å². The summed E-state index contributed by atoms with van der Waals surface area (Å²) in [6.45, 7) is 0. The molecule has 0 fully saturated rings. The van der Waals surface area contributed by atoms with Crippen molar-refractivity contribution in [2.24, 2.45) is 5.73 Å². The Labute approximate surface area is 126 Å². The monoisotopic (exact) mass is 319 g/mol. The number of nitriles is 1. The van der Waals surface area contributed by atoms with Gasteiger partial charge in [0, 0.05) is 5.69 Å². The summed E-state index contributed by atoms with van der Waals surface area (Å²) < 4.78 is 40.6. The average molecular weight is 319 g/mol. The second-order valence-corrected chi connectivity index (χ2v) is 5.93. The van der Waals surface area contributed by atoms with E-state index in [4.69, 9.17) is 11.0 Å². The number of anilines is 1. The number of halogens is 1. The van der Waals surface area contributed by atoms with Crippen LogP contribution >= 0.6 is 0 Å². The van der Waals surface area contributed by atoms with Crippen molar-refractivity contribution in [3.05, 3.63) is 59.4 Å². The number of amides is 1. The summed E-state index contributed by atoms with van der Waals surface area (Å²) in [5.41, 5.74) is 4.98. The van der Waals surface area contributed by atoms with E-state index in [-0.39, 0.29) is 5.69 Å². The number of sulfonamides is 1. The average Bonchev–Trinajstić information content (AvgIpc) is 2.47. The van der Waals surface area contributed by atoms with Crippen LogP contribution in [0.2, 0.25) is 0 Å². The molecule has 8 heteroatoms. The highest BCUT2D eigenvalue weighted by Crippen LogP contribution is 2.21. The number of nitrogens with zero attached hydrogens (tertiary/aromatic N) is 1. The summed E-state index contributed by atoms with van der Waals surface area (Å²) in [7, 11) is -4.24. The van der Waals surface area contributed by atoms with E-state index in [0.717, 1.165) is 12.1 Å². The van der Waals surface area contributed by atoms with Crippen LogP contribution in [0.4, 0.5) is 10.1 Å². The predicted molar refractivity (Wildman–Crippen MR) is 76.9 cm³/mol. The lowest BCUT2D eigenvalue weighted by Gasteiger charge is -2.10. The van der Waals surface area contributed by atoms with Crippen molar-refractivity contribution in [1.29, 1.82) is 5.26 Å². The third kappa shape index (κ3) is 3.05. The summed E-state index contributed by atoms with van der Waals surface area (Å²) in [4.78, 5) is 10.4. The highest BCUT2D eigenvalue weighted by Gasteiger charge is 2.23. The number of nitrogens with two attached hydrogens (primary N) is 1. The first-order chi connectivity index (χ1) is 10.3. The van der Waals surface area contributed by atoms with Crippen LogP contribution in [0.3, 0.4) is 0 Å². The normalized spacial score (nSPS) is 10.7. The van der Waals surface area contributed by atoms with Gasteiger partial charge in [0.15, 0.2) is 5.82 Å². The van der Waals surface area contributed by atoms with E-state index in [0.29, 0.717) is 5.56 Å². The van der Waals surface area contributed by atoms with Gasteiger partial charge in [0.1, 0.15) is 4.90 Å².